The summed E-state index contributed by atoms with van der Waals surface area (Å²) < 4.78 is 17.1. The number of carbonyl (C=O) groups excluding carboxylic acids is 1. The molecule has 0 radical (unpaired) electrons. The summed E-state index contributed by atoms with van der Waals surface area (Å²) in [6, 6.07) is 17.5. The molecule has 0 saturated carbocycles. The number of carbonyl (C=O) groups is 1. The number of rotatable bonds is 7. The molecule has 1 saturated heterocycles. The molecule has 1 atom stereocenters. The van der Waals surface area contributed by atoms with Crippen LogP contribution in [0.1, 0.15) is 47.5 Å². The Morgan fingerprint density at radius 1 is 1.05 bits per heavy atom. The quantitative estimate of drug-likeness (QED) is 0.361. The van der Waals surface area contributed by atoms with Gasteiger partial charge in [0, 0.05) is 31.0 Å². The van der Waals surface area contributed by atoms with Crippen LogP contribution in [0.25, 0.3) is 11.1 Å². The predicted octanol–water partition coefficient (Wildman–Crippen LogP) is 7.39. The highest BCUT2D eigenvalue weighted by atomic mass is 16.6. The van der Waals surface area contributed by atoms with Crippen LogP contribution < -0.4 is 14.8 Å². The fraction of sp³-hybridized carbons (Fsp3) is 0.400. The number of likely N-dealkylation sites (tertiary alicyclic amines) is 1. The molecular formula is C30H39N3O4. The highest BCUT2D eigenvalue weighted by Gasteiger charge is 2.32. The molecule has 37 heavy (non-hydrogen) atoms. The van der Waals surface area contributed by atoms with Crippen molar-refractivity contribution in [2.45, 2.75) is 59.1 Å². The van der Waals surface area contributed by atoms with Crippen LogP contribution in [0.4, 0.5) is 10.5 Å². The Bertz CT molecular complexity index is 1130. The van der Waals surface area contributed by atoms with E-state index < -0.39 is 5.60 Å². The minimum atomic E-state index is -0.515. The number of methoxy groups -OCH3 is 1. The standard InChI is InChI=1S/C28H33N3O4.C2H6/c1-28(2,3)35-27(32)31-16-6-8-22(31)19-30-25-14-9-20(21-7-5-15-29-18-21)17-26(25)34-24-12-10-23(33-4)11-13-24;1-2/h5,7,9-15,17-18,22,30H,6,8,16,19H2,1-4H3;1-2H3/t22-;/m0./s1. The maximum atomic E-state index is 12.7. The van der Waals surface area contributed by atoms with Crippen LogP contribution in [0.3, 0.4) is 0 Å². The summed E-state index contributed by atoms with van der Waals surface area (Å²) in [7, 11) is 1.64. The molecule has 4 rings (SSSR count). The van der Waals surface area contributed by atoms with E-state index in [0.29, 0.717) is 24.6 Å². The van der Waals surface area contributed by atoms with Gasteiger partial charge in [-0.1, -0.05) is 26.0 Å². The van der Waals surface area contributed by atoms with E-state index in [4.69, 9.17) is 14.2 Å². The van der Waals surface area contributed by atoms with Crippen LogP contribution in [-0.2, 0) is 4.74 Å². The van der Waals surface area contributed by atoms with Crippen LogP contribution in [0.5, 0.6) is 17.2 Å². The van der Waals surface area contributed by atoms with Crippen molar-refractivity contribution in [2.24, 2.45) is 0 Å². The summed E-state index contributed by atoms with van der Waals surface area (Å²) >= 11 is 0. The van der Waals surface area contributed by atoms with E-state index in [9.17, 15) is 4.79 Å². The van der Waals surface area contributed by atoms with Crippen LogP contribution in [0, 0.1) is 0 Å². The largest absolute Gasteiger partial charge is 0.497 e. The Balaban J connectivity index is 0.00000186. The van der Waals surface area contributed by atoms with Gasteiger partial charge in [-0.25, -0.2) is 4.79 Å². The number of pyridine rings is 1. The van der Waals surface area contributed by atoms with Crippen LogP contribution in [0.2, 0.25) is 0 Å². The maximum Gasteiger partial charge on any atom is 0.410 e. The minimum absolute atomic E-state index is 0.0525. The SMILES string of the molecule is CC.COc1ccc(Oc2cc(-c3cccnc3)ccc2NC[C@@H]2CCCN2C(=O)OC(C)(C)C)cc1. The number of hydrogen-bond donors (Lipinski definition) is 1. The van der Waals surface area contributed by atoms with Crippen molar-refractivity contribution in [3.05, 3.63) is 67.0 Å². The number of ether oxygens (including phenoxy) is 3. The number of hydrogen-bond acceptors (Lipinski definition) is 6. The zero-order chi connectivity index (χ0) is 26.8. The third-order valence-corrected chi connectivity index (χ3v) is 5.80. The highest BCUT2D eigenvalue weighted by molar-refractivity contribution is 5.71. The fourth-order valence-corrected chi connectivity index (χ4v) is 4.07. The zero-order valence-corrected chi connectivity index (χ0v) is 22.8. The lowest BCUT2D eigenvalue weighted by Crippen LogP contribution is -2.42. The lowest BCUT2D eigenvalue weighted by atomic mass is 10.1. The number of benzene rings is 2. The van der Waals surface area contributed by atoms with Crippen molar-refractivity contribution in [1.82, 2.24) is 9.88 Å². The van der Waals surface area contributed by atoms with Gasteiger partial charge in [0.05, 0.1) is 18.8 Å². The van der Waals surface area contributed by atoms with Gasteiger partial charge in [-0.2, -0.15) is 0 Å². The van der Waals surface area contributed by atoms with Crippen molar-refractivity contribution in [3.8, 4) is 28.4 Å². The van der Waals surface area contributed by atoms with Crippen molar-refractivity contribution < 1.29 is 19.0 Å². The van der Waals surface area contributed by atoms with Crippen molar-refractivity contribution >= 4 is 11.8 Å². The van der Waals surface area contributed by atoms with Crippen LogP contribution in [-0.4, -0.2) is 47.8 Å². The average molecular weight is 506 g/mol. The van der Waals surface area contributed by atoms with Crippen LogP contribution in [0.15, 0.2) is 67.0 Å². The van der Waals surface area contributed by atoms with Gasteiger partial charge in [-0.3, -0.25) is 4.98 Å². The summed E-state index contributed by atoms with van der Waals surface area (Å²) in [5.41, 5.74) is 2.34. The first-order valence-corrected chi connectivity index (χ1v) is 12.9. The second-order valence-electron chi connectivity index (χ2n) is 9.58. The van der Waals surface area contributed by atoms with E-state index in [1.807, 2.05) is 100 Å². The average Bonchev–Trinajstić information content (AvgIpc) is 3.38. The van der Waals surface area contributed by atoms with Crippen molar-refractivity contribution in [1.29, 1.82) is 0 Å². The summed E-state index contributed by atoms with van der Waals surface area (Å²) in [5, 5.41) is 3.51. The van der Waals surface area contributed by atoms with Gasteiger partial charge >= 0.3 is 6.09 Å². The van der Waals surface area contributed by atoms with Gasteiger partial charge < -0.3 is 24.4 Å². The van der Waals surface area contributed by atoms with Crippen LogP contribution >= 0.6 is 0 Å². The minimum Gasteiger partial charge on any atom is -0.497 e. The molecule has 0 bridgehead atoms. The fourth-order valence-electron chi connectivity index (χ4n) is 4.07. The van der Waals surface area contributed by atoms with E-state index in [2.05, 4.69) is 10.3 Å². The molecule has 2 heterocycles. The molecule has 7 nitrogen and oxygen atoms in total. The van der Waals surface area contributed by atoms with E-state index in [-0.39, 0.29) is 12.1 Å². The molecule has 2 aromatic carbocycles. The molecule has 7 heteroatoms. The molecule has 1 N–H and O–H groups in total. The van der Waals surface area contributed by atoms with Crippen molar-refractivity contribution in [3.63, 3.8) is 0 Å². The zero-order valence-electron chi connectivity index (χ0n) is 22.8. The Morgan fingerprint density at radius 2 is 1.78 bits per heavy atom. The summed E-state index contributed by atoms with van der Waals surface area (Å²) in [4.78, 5) is 18.7. The third-order valence-electron chi connectivity index (χ3n) is 5.80. The van der Waals surface area contributed by atoms with Gasteiger partial charge in [0.2, 0.25) is 0 Å². The van der Waals surface area contributed by atoms with Gasteiger partial charge in [0.25, 0.3) is 0 Å². The van der Waals surface area contributed by atoms with Crippen molar-refractivity contribution in [2.75, 3.05) is 25.5 Å². The molecular weight excluding hydrogens is 466 g/mol. The second-order valence-corrected chi connectivity index (χ2v) is 9.58. The topological polar surface area (TPSA) is 72.9 Å². The number of nitrogens with zero attached hydrogens (tertiary/aromatic N) is 2. The summed E-state index contributed by atoms with van der Waals surface area (Å²) in [6.45, 7) is 11.0. The first kappa shape index (κ1) is 27.8. The number of nitrogens with one attached hydrogen (secondary N) is 1. The molecule has 198 valence electrons. The first-order valence-electron chi connectivity index (χ1n) is 12.9. The molecule has 3 aromatic rings. The van der Waals surface area contributed by atoms with E-state index in [1.54, 1.807) is 13.3 Å². The van der Waals surface area contributed by atoms with Gasteiger partial charge in [-0.15, -0.1) is 0 Å². The van der Waals surface area contributed by atoms with Gasteiger partial charge in [0.15, 0.2) is 5.75 Å². The molecule has 1 amide bonds. The molecule has 1 aromatic heterocycles. The maximum absolute atomic E-state index is 12.7. The normalized spacial score (nSPS) is 14.9. The first-order chi connectivity index (χ1) is 17.8. The predicted molar refractivity (Wildman–Crippen MR) is 149 cm³/mol. The molecule has 0 unspecified atom stereocenters. The third kappa shape index (κ3) is 7.87. The molecule has 0 aliphatic carbocycles. The molecule has 1 aliphatic heterocycles. The Kier molecular flexibility index (Phi) is 9.78. The lowest BCUT2D eigenvalue weighted by Gasteiger charge is -2.29. The molecule has 1 fully saturated rings. The van der Waals surface area contributed by atoms with Gasteiger partial charge in [-0.05, 0) is 81.6 Å². The number of aromatic nitrogens is 1. The Morgan fingerprint density at radius 3 is 2.43 bits per heavy atom. The Labute approximate surface area is 220 Å². The van der Waals surface area contributed by atoms with E-state index >= 15 is 0 Å². The molecule has 1 aliphatic rings. The lowest BCUT2D eigenvalue weighted by molar-refractivity contribution is 0.0235. The number of anilines is 1. The second kappa shape index (κ2) is 13.0. The summed E-state index contributed by atoms with van der Waals surface area (Å²) in [6.07, 6.45) is 5.21. The molecule has 0 spiro atoms. The smallest absolute Gasteiger partial charge is 0.410 e. The van der Waals surface area contributed by atoms with E-state index in [0.717, 1.165) is 35.4 Å². The Hall–Kier alpha value is -3.74. The highest BCUT2D eigenvalue weighted by Crippen LogP contribution is 2.35. The van der Waals surface area contributed by atoms with E-state index in [1.165, 1.54) is 0 Å². The monoisotopic (exact) mass is 505 g/mol. The summed E-state index contributed by atoms with van der Waals surface area (Å²) in [5.74, 6) is 2.16. The van der Waals surface area contributed by atoms with Gasteiger partial charge in [0.1, 0.15) is 17.1 Å². The number of amides is 1.